The molecule has 0 radical (unpaired) electrons. The Morgan fingerprint density at radius 2 is 1.50 bits per heavy atom. The number of ether oxygens (including phenoxy) is 1. The van der Waals surface area contributed by atoms with Crippen LogP contribution in [0.5, 0.6) is 0 Å². The summed E-state index contributed by atoms with van der Waals surface area (Å²) in [4.78, 5) is 48.1. The van der Waals surface area contributed by atoms with Crippen LogP contribution in [0.15, 0.2) is 86.0 Å². The van der Waals surface area contributed by atoms with Crippen molar-refractivity contribution in [2.75, 3.05) is 26.2 Å². The van der Waals surface area contributed by atoms with Crippen molar-refractivity contribution >= 4 is 17.7 Å². The lowest BCUT2D eigenvalue weighted by molar-refractivity contribution is -0.149. The van der Waals surface area contributed by atoms with Gasteiger partial charge in [-0.05, 0) is 36.8 Å². The van der Waals surface area contributed by atoms with Crippen molar-refractivity contribution < 1.29 is 24.2 Å². The average molecular weight is 572 g/mol. The number of aliphatic hydroxyl groups is 1. The molecule has 5 rings (SSSR count). The van der Waals surface area contributed by atoms with Gasteiger partial charge in [-0.15, -0.1) is 13.2 Å². The maximum atomic E-state index is 14.5. The summed E-state index contributed by atoms with van der Waals surface area (Å²) in [6.07, 6.45) is 5.18. The molecule has 3 fully saturated rings. The lowest BCUT2D eigenvalue weighted by Crippen LogP contribution is -2.56. The van der Waals surface area contributed by atoms with Crippen LogP contribution in [0, 0.1) is 11.8 Å². The zero-order chi connectivity index (χ0) is 29.7. The van der Waals surface area contributed by atoms with Crippen molar-refractivity contribution in [3.8, 4) is 0 Å². The third-order valence-electron chi connectivity index (χ3n) is 8.88. The highest BCUT2D eigenvalue weighted by molar-refractivity contribution is 5.99. The Bertz CT molecular complexity index is 1280. The summed E-state index contributed by atoms with van der Waals surface area (Å²) in [5.41, 5.74) is 0.897. The van der Waals surface area contributed by atoms with Crippen LogP contribution >= 0.6 is 0 Å². The van der Waals surface area contributed by atoms with Crippen LogP contribution in [-0.4, -0.2) is 81.5 Å². The van der Waals surface area contributed by atoms with Gasteiger partial charge in [-0.2, -0.15) is 0 Å². The van der Waals surface area contributed by atoms with Crippen LogP contribution < -0.4 is 0 Å². The van der Waals surface area contributed by atoms with Gasteiger partial charge in [0.25, 0.3) is 0 Å². The number of carbonyl (C=O) groups excluding carboxylic acids is 3. The van der Waals surface area contributed by atoms with E-state index in [9.17, 15) is 19.5 Å². The number of hydrogen-bond donors (Lipinski definition) is 1. The summed E-state index contributed by atoms with van der Waals surface area (Å²) in [5, 5.41) is 9.44. The van der Waals surface area contributed by atoms with Crippen molar-refractivity contribution in [2.45, 2.75) is 56.5 Å². The molecule has 1 spiro atoms. The summed E-state index contributed by atoms with van der Waals surface area (Å²) >= 11 is 0. The first-order valence-electron chi connectivity index (χ1n) is 14.9. The van der Waals surface area contributed by atoms with Gasteiger partial charge in [0.05, 0.1) is 17.9 Å². The molecule has 1 N–H and O–H groups in total. The third-order valence-corrected chi connectivity index (χ3v) is 8.88. The van der Waals surface area contributed by atoms with Gasteiger partial charge in [-0.25, -0.2) is 0 Å². The maximum Gasteiger partial charge on any atom is 0.248 e. The summed E-state index contributed by atoms with van der Waals surface area (Å²) in [7, 11) is 0. The molecule has 2 aromatic carbocycles. The van der Waals surface area contributed by atoms with Crippen molar-refractivity contribution in [3.63, 3.8) is 0 Å². The fourth-order valence-electron chi connectivity index (χ4n) is 7.12. The molecule has 5 atom stereocenters. The molecule has 2 aromatic rings. The zero-order valence-corrected chi connectivity index (χ0v) is 24.1. The number of fused-ring (bicyclic) bond motifs is 1. The Labute approximate surface area is 248 Å². The highest BCUT2D eigenvalue weighted by Crippen LogP contribution is 2.59. The minimum Gasteiger partial charge on any atom is -0.396 e. The molecular weight excluding hydrogens is 530 g/mol. The molecule has 222 valence electrons. The quantitative estimate of drug-likeness (QED) is 0.277. The molecule has 3 aliphatic heterocycles. The van der Waals surface area contributed by atoms with E-state index in [1.165, 1.54) is 0 Å². The van der Waals surface area contributed by atoms with Gasteiger partial charge in [-0.3, -0.25) is 14.4 Å². The maximum absolute atomic E-state index is 14.5. The largest absolute Gasteiger partial charge is 0.396 e. The van der Waals surface area contributed by atoms with Crippen LogP contribution in [0.3, 0.4) is 0 Å². The summed E-state index contributed by atoms with van der Waals surface area (Å²) in [6, 6.07) is 18.6. The standard InChI is InChI=1S/C34H41N3O5/c1-3-19-35(23-25-13-7-5-8-14-25)31(39)28-27-17-18-34(42-27)29(28)32(40)37(21-11-12-22-38)30(34)33(41)36(20-4-2)24-26-15-9-6-10-16-26/h3-10,13-16,27-30,38H,1-2,11-12,17-24H2/t27-,28+,29+,30?,34?/m1/s1. The summed E-state index contributed by atoms with van der Waals surface area (Å²) < 4.78 is 6.66. The second-order valence-corrected chi connectivity index (χ2v) is 11.5. The van der Waals surface area contributed by atoms with Crippen LogP contribution in [-0.2, 0) is 32.2 Å². The van der Waals surface area contributed by atoms with Crippen molar-refractivity contribution in [2.24, 2.45) is 11.8 Å². The van der Waals surface area contributed by atoms with E-state index in [0.29, 0.717) is 58.4 Å². The van der Waals surface area contributed by atoms with Gasteiger partial charge in [-0.1, -0.05) is 72.8 Å². The Kier molecular flexibility index (Phi) is 9.24. The van der Waals surface area contributed by atoms with Gasteiger partial charge in [0.15, 0.2) is 0 Å². The number of amides is 3. The number of aliphatic hydroxyl groups excluding tert-OH is 1. The van der Waals surface area contributed by atoms with Crippen LogP contribution in [0.25, 0.3) is 0 Å². The Hall–Kier alpha value is -3.75. The summed E-state index contributed by atoms with van der Waals surface area (Å²) in [6.45, 7) is 9.49. The van der Waals surface area contributed by atoms with E-state index in [4.69, 9.17) is 4.74 Å². The number of rotatable bonds is 14. The van der Waals surface area contributed by atoms with E-state index < -0.39 is 29.6 Å². The smallest absolute Gasteiger partial charge is 0.248 e. The number of nitrogens with zero attached hydrogens (tertiary/aromatic N) is 3. The van der Waals surface area contributed by atoms with E-state index in [-0.39, 0.29) is 24.3 Å². The first-order valence-corrected chi connectivity index (χ1v) is 14.9. The average Bonchev–Trinajstić information content (AvgIpc) is 3.65. The molecule has 3 heterocycles. The third kappa shape index (κ3) is 5.53. The molecule has 0 aromatic heterocycles. The van der Waals surface area contributed by atoms with Crippen LogP contribution in [0.2, 0.25) is 0 Å². The van der Waals surface area contributed by atoms with Crippen LogP contribution in [0.4, 0.5) is 0 Å². The normalized spacial score (nSPS) is 25.7. The van der Waals surface area contributed by atoms with Gasteiger partial charge in [0.1, 0.15) is 11.6 Å². The molecule has 42 heavy (non-hydrogen) atoms. The molecule has 3 amide bonds. The molecule has 3 aliphatic rings. The van der Waals surface area contributed by atoms with Gasteiger partial charge in [0.2, 0.25) is 17.7 Å². The van der Waals surface area contributed by atoms with E-state index in [0.717, 1.165) is 11.1 Å². The molecule has 0 aliphatic carbocycles. The molecule has 2 bridgehead atoms. The van der Waals surface area contributed by atoms with Gasteiger partial charge >= 0.3 is 0 Å². The number of likely N-dealkylation sites (tertiary alicyclic amines) is 1. The zero-order valence-electron chi connectivity index (χ0n) is 24.1. The van der Waals surface area contributed by atoms with Crippen molar-refractivity contribution in [1.82, 2.24) is 14.7 Å². The highest BCUT2D eigenvalue weighted by atomic mass is 16.5. The molecule has 0 saturated carbocycles. The Morgan fingerprint density at radius 3 is 2.05 bits per heavy atom. The minimum absolute atomic E-state index is 0.00148. The lowest BCUT2D eigenvalue weighted by atomic mass is 9.70. The van der Waals surface area contributed by atoms with Crippen molar-refractivity contribution in [1.29, 1.82) is 0 Å². The van der Waals surface area contributed by atoms with E-state index in [1.54, 1.807) is 26.9 Å². The lowest BCUT2D eigenvalue weighted by Gasteiger charge is -2.37. The fourth-order valence-corrected chi connectivity index (χ4v) is 7.12. The van der Waals surface area contributed by atoms with Gasteiger partial charge < -0.3 is 24.5 Å². The molecule has 8 heteroatoms. The Morgan fingerprint density at radius 1 is 0.929 bits per heavy atom. The SMILES string of the molecule is C=CCN(Cc1ccccc1)C(=O)C1N(CCCCO)C(=O)[C@@H]2[C@@H](C(=O)N(CC=C)Cc3ccccc3)[C@H]3CCC12O3. The van der Waals surface area contributed by atoms with E-state index in [2.05, 4.69) is 13.2 Å². The topological polar surface area (TPSA) is 90.4 Å². The van der Waals surface area contributed by atoms with E-state index >= 15 is 0 Å². The fraction of sp³-hybridized carbons (Fsp3) is 0.441. The first kappa shape index (κ1) is 29.7. The number of carbonyl (C=O) groups is 3. The first-order chi connectivity index (χ1) is 20.4. The second kappa shape index (κ2) is 13.0. The van der Waals surface area contributed by atoms with Crippen molar-refractivity contribution in [3.05, 3.63) is 97.1 Å². The number of unbranched alkanes of at least 4 members (excludes halogenated alkanes) is 1. The number of hydrogen-bond acceptors (Lipinski definition) is 5. The Balaban J connectivity index is 1.48. The minimum atomic E-state index is -1.07. The second-order valence-electron chi connectivity index (χ2n) is 11.5. The van der Waals surface area contributed by atoms with Crippen LogP contribution in [0.1, 0.15) is 36.8 Å². The predicted octanol–water partition coefficient (Wildman–Crippen LogP) is 3.56. The molecule has 2 unspecified atom stereocenters. The van der Waals surface area contributed by atoms with Gasteiger partial charge in [0, 0.05) is 39.3 Å². The molecule has 8 nitrogen and oxygen atoms in total. The monoisotopic (exact) mass is 571 g/mol. The molecule has 3 saturated heterocycles. The summed E-state index contributed by atoms with van der Waals surface area (Å²) in [5.74, 6) is -1.95. The molecular formula is C34H41N3O5. The van der Waals surface area contributed by atoms with E-state index in [1.807, 2.05) is 60.7 Å². The number of benzene rings is 2. The predicted molar refractivity (Wildman–Crippen MR) is 160 cm³/mol. The highest BCUT2D eigenvalue weighted by Gasteiger charge is 2.74.